The standard InChI is InChI=1S/C15H11BrClN3S/c1-21-15-19-13(17)8-14(20-15)18-12-7-6-11(16)9-4-2-3-5-10(9)12/h2-8H,1H3,(H,18,19,20). The summed E-state index contributed by atoms with van der Waals surface area (Å²) >= 11 is 11.1. The van der Waals surface area contributed by atoms with E-state index in [1.807, 2.05) is 30.5 Å². The van der Waals surface area contributed by atoms with Crippen LogP contribution in [0.3, 0.4) is 0 Å². The number of hydrogen-bond donors (Lipinski definition) is 1. The van der Waals surface area contributed by atoms with Crippen molar-refractivity contribution in [2.45, 2.75) is 5.16 Å². The molecular formula is C15H11BrClN3S. The van der Waals surface area contributed by atoms with Crippen LogP contribution in [0.2, 0.25) is 5.15 Å². The SMILES string of the molecule is CSc1nc(Cl)cc(Nc2ccc(Br)c3ccccc23)n1. The van der Waals surface area contributed by atoms with Crippen molar-refractivity contribution in [2.75, 3.05) is 11.6 Å². The fourth-order valence-corrected chi connectivity index (χ4v) is 3.15. The zero-order valence-corrected chi connectivity index (χ0v) is 14.3. The second kappa shape index (κ2) is 6.22. The minimum atomic E-state index is 0.429. The Morgan fingerprint density at radius 3 is 2.62 bits per heavy atom. The first-order valence-corrected chi connectivity index (χ1v) is 8.60. The molecule has 21 heavy (non-hydrogen) atoms. The molecule has 0 amide bonds. The Hall–Kier alpha value is -1.30. The van der Waals surface area contributed by atoms with E-state index >= 15 is 0 Å². The fraction of sp³-hybridized carbons (Fsp3) is 0.0667. The predicted molar refractivity (Wildman–Crippen MR) is 93.8 cm³/mol. The summed E-state index contributed by atoms with van der Waals surface area (Å²) in [4.78, 5) is 8.56. The molecule has 6 heteroatoms. The number of anilines is 2. The summed E-state index contributed by atoms with van der Waals surface area (Å²) in [5.74, 6) is 0.687. The Bertz CT molecular complexity index is 810. The predicted octanol–water partition coefficient (Wildman–Crippen LogP) is 5.51. The molecule has 106 valence electrons. The number of aromatic nitrogens is 2. The average molecular weight is 381 g/mol. The first kappa shape index (κ1) is 14.6. The van der Waals surface area contributed by atoms with E-state index in [4.69, 9.17) is 11.6 Å². The molecule has 0 aliphatic carbocycles. The van der Waals surface area contributed by atoms with Crippen LogP contribution in [0, 0.1) is 0 Å². The fourth-order valence-electron chi connectivity index (χ4n) is 2.06. The molecule has 0 fully saturated rings. The lowest BCUT2D eigenvalue weighted by molar-refractivity contribution is 0.976. The van der Waals surface area contributed by atoms with Crippen LogP contribution in [0.1, 0.15) is 0 Å². The molecule has 0 aliphatic rings. The number of thioether (sulfide) groups is 1. The minimum Gasteiger partial charge on any atom is -0.340 e. The van der Waals surface area contributed by atoms with Crippen LogP contribution in [0.25, 0.3) is 10.8 Å². The average Bonchev–Trinajstić information content (AvgIpc) is 2.50. The summed E-state index contributed by atoms with van der Waals surface area (Å²) in [6.07, 6.45) is 1.92. The third-order valence-corrected chi connectivity index (χ3v) is 4.42. The van der Waals surface area contributed by atoms with Crippen molar-refractivity contribution in [3.05, 3.63) is 52.1 Å². The summed E-state index contributed by atoms with van der Waals surface area (Å²) < 4.78 is 1.06. The number of fused-ring (bicyclic) bond motifs is 1. The van der Waals surface area contributed by atoms with Crippen molar-refractivity contribution in [3.63, 3.8) is 0 Å². The van der Waals surface area contributed by atoms with Gasteiger partial charge in [-0.25, -0.2) is 9.97 Å². The molecule has 0 radical (unpaired) electrons. The molecule has 1 heterocycles. The number of halogens is 2. The Morgan fingerprint density at radius 1 is 1.10 bits per heavy atom. The van der Waals surface area contributed by atoms with Gasteiger partial charge in [-0.2, -0.15) is 0 Å². The molecule has 0 saturated heterocycles. The highest BCUT2D eigenvalue weighted by Gasteiger charge is 2.07. The number of rotatable bonds is 3. The highest BCUT2D eigenvalue weighted by molar-refractivity contribution is 9.10. The highest BCUT2D eigenvalue weighted by atomic mass is 79.9. The maximum Gasteiger partial charge on any atom is 0.190 e. The van der Waals surface area contributed by atoms with E-state index in [9.17, 15) is 0 Å². The lowest BCUT2D eigenvalue weighted by Gasteiger charge is -2.11. The minimum absolute atomic E-state index is 0.429. The van der Waals surface area contributed by atoms with Gasteiger partial charge in [0.1, 0.15) is 11.0 Å². The molecule has 1 N–H and O–H groups in total. The van der Waals surface area contributed by atoms with Crippen molar-refractivity contribution in [1.82, 2.24) is 9.97 Å². The van der Waals surface area contributed by atoms with E-state index in [1.54, 1.807) is 6.07 Å². The molecule has 1 aromatic heterocycles. The molecule has 3 nitrogen and oxygen atoms in total. The van der Waals surface area contributed by atoms with Crippen LogP contribution in [0.4, 0.5) is 11.5 Å². The van der Waals surface area contributed by atoms with Crippen LogP contribution in [-0.2, 0) is 0 Å². The Balaban J connectivity index is 2.06. The molecular weight excluding hydrogens is 370 g/mol. The number of benzene rings is 2. The third kappa shape index (κ3) is 3.15. The van der Waals surface area contributed by atoms with Gasteiger partial charge in [-0.1, -0.05) is 63.6 Å². The van der Waals surface area contributed by atoms with Crippen LogP contribution in [0.15, 0.2) is 52.1 Å². The molecule has 0 bridgehead atoms. The van der Waals surface area contributed by atoms with E-state index < -0.39 is 0 Å². The summed E-state index contributed by atoms with van der Waals surface area (Å²) in [7, 11) is 0. The summed E-state index contributed by atoms with van der Waals surface area (Å²) in [5, 5.41) is 6.66. The lowest BCUT2D eigenvalue weighted by atomic mass is 10.1. The molecule has 0 atom stereocenters. The van der Waals surface area contributed by atoms with Gasteiger partial charge in [0.25, 0.3) is 0 Å². The van der Waals surface area contributed by atoms with E-state index in [-0.39, 0.29) is 0 Å². The van der Waals surface area contributed by atoms with Crippen LogP contribution < -0.4 is 5.32 Å². The second-order valence-electron chi connectivity index (χ2n) is 4.33. The molecule has 0 saturated carbocycles. The summed E-state index contributed by atoms with van der Waals surface area (Å²) in [6, 6.07) is 13.9. The monoisotopic (exact) mass is 379 g/mol. The zero-order valence-electron chi connectivity index (χ0n) is 11.1. The zero-order chi connectivity index (χ0) is 14.8. The van der Waals surface area contributed by atoms with E-state index in [1.165, 1.54) is 11.8 Å². The van der Waals surface area contributed by atoms with Crippen LogP contribution in [-0.4, -0.2) is 16.2 Å². The van der Waals surface area contributed by atoms with Gasteiger partial charge in [0.15, 0.2) is 5.16 Å². The molecule has 3 rings (SSSR count). The normalized spacial score (nSPS) is 10.8. The topological polar surface area (TPSA) is 37.8 Å². The number of nitrogens with zero attached hydrogens (tertiary/aromatic N) is 2. The largest absolute Gasteiger partial charge is 0.340 e. The Morgan fingerprint density at radius 2 is 1.86 bits per heavy atom. The van der Waals surface area contributed by atoms with Gasteiger partial charge < -0.3 is 5.32 Å². The van der Waals surface area contributed by atoms with Gasteiger partial charge in [-0.05, 0) is 23.8 Å². The van der Waals surface area contributed by atoms with Gasteiger partial charge in [-0.15, -0.1) is 0 Å². The molecule has 0 unspecified atom stereocenters. The molecule has 0 spiro atoms. The van der Waals surface area contributed by atoms with Crippen molar-refractivity contribution in [1.29, 1.82) is 0 Å². The third-order valence-electron chi connectivity index (χ3n) is 2.99. The molecule has 3 aromatic rings. The quantitative estimate of drug-likeness (QED) is 0.369. The Kier molecular flexibility index (Phi) is 4.33. The smallest absolute Gasteiger partial charge is 0.190 e. The number of hydrogen-bond acceptors (Lipinski definition) is 4. The van der Waals surface area contributed by atoms with Gasteiger partial charge >= 0.3 is 0 Å². The van der Waals surface area contributed by atoms with Crippen LogP contribution in [0.5, 0.6) is 0 Å². The van der Waals surface area contributed by atoms with Crippen LogP contribution >= 0.6 is 39.3 Å². The summed E-state index contributed by atoms with van der Waals surface area (Å²) in [5.41, 5.74) is 0.982. The second-order valence-corrected chi connectivity index (χ2v) is 6.34. The van der Waals surface area contributed by atoms with E-state index in [0.29, 0.717) is 16.1 Å². The van der Waals surface area contributed by atoms with Crippen molar-refractivity contribution < 1.29 is 0 Å². The van der Waals surface area contributed by atoms with Crippen molar-refractivity contribution >= 4 is 61.6 Å². The van der Waals surface area contributed by atoms with Gasteiger partial charge in [0.05, 0.1) is 0 Å². The maximum atomic E-state index is 6.03. The molecule has 2 aromatic carbocycles. The van der Waals surface area contributed by atoms with Crippen molar-refractivity contribution in [3.8, 4) is 0 Å². The molecule has 0 aliphatic heterocycles. The van der Waals surface area contributed by atoms with Gasteiger partial charge in [0.2, 0.25) is 0 Å². The summed E-state index contributed by atoms with van der Waals surface area (Å²) in [6.45, 7) is 0. The van der Waals surface area contributed by atoms with E-state index in [0.717, 1.165) is 20.9 Å². The van der Waals surface area contributed by atoms with Crippen molar-refractivity contribution in [2.24, 2.45) is 0 Å². The Labute approximate surface area is 140 Å². The number of nitrogens with one attached hydrogen (secondary N) is 1. The van der Waals surface area contributed by atoms with E-state index in [2.05, 4.69) is 43.3 Å². The lowest BCUT2D eigenvalue weighted by Crippen LogP contribution is -1.97. The van der Waals surface area contributed by atoms with Gasteiger partial charge in [0, 0.05) is 21.6 Å². The first-order chi connectivity index (χ1) is 10.2. The maximum absolute atomic E-state index is 6.03. The highest BCUT2D eigenvalue weighted by Crippen LogP contribution is 2.32. The first-order valence-electron chi connectivity index (χ1n) is 6.20. The van der Waals surface area contributed by atoms with Gasteiger partial charge in [-0.3, -0.25) is 0 Å².